The first-order valence-electron chi connectivity index (χ1n) is 9.03. The van der Waals surface area contributed by atoms with E-state index >= 15 is 0 Å². The maximum absolute atomic E-state index is 12.8. The summed E-state index contributed by atoms with van der Waals surface area (Å²) in [6, 6.07) is 17.9. The second-order valence-corrected chi connectivity index (χ2v) is 8.91. The van der Waals surface area contributed by atoms with Crippen molar-refractivity contribution in [3.63, 3.8) is 0 Å². The Kier molecular flexibility index (Phi) is 5.42. The van der Waals surface area contributed by atoms with Crippen LogP contribution in [0.5, 0.6) is 0 Å². The summed E-state index contributed by atoms with van der Waals surface area (Å²) in [5.74, 6) is -0.390. The fourth-order valence-electron chi connectivity index (χ4n) is 3.19. The molecule has 5 nitrogen and oxygen atoms in total. The molecule has 0 saturated heterocycles. The first-order chi connectivity index (χ1) is 13.2. The van der Waals surface area contributed by atoms with Crippen LogP contribution in [0.25, 0.3) is 10.8 Å². The molecule has 0 bridgehead atoms. The fraction of sp³-hybridized carbons (Fsp3) is 0.227. The van der Waals surface area contributed by atoms with Gasteiger partial charge < -0.3 is 5.32 Å². The predicted molar refractivity (Wildman–Crippen MR) is 115 cm³/mol. The van der Waals surface area contributed by atoms with Crippen LogP contribution in [0.2, 0.25) is 0 Å². The van der Waals surface area contributed by atoms with Gasteiger partial charge in [-0.1, -0.05) is 36.4 Å². The van der Waals surface area contributed by atoms with Gasteiger partial charge in [0.1, 0.15) is 6.04 Å². The lowest BCUT2D eigenvalue weighted by Crippen LogP contribution is -2.45. The molecule has 3 rings (SSSR count). The summed E-state index contributed by atoms with van der Waals surface area (Å²) in [6.45, 7) is 5.46. The summed E-state index contributed by atoms with van der Waals surface area (Å²) in [5, 5.41) is 4.91. The molecule has 3 aromatic carbocycles. The molecule has 0 aliphatic heterocycles. The van der Waals surface area contributed by atoms with Gasteiger partial charge >= 0.3 is 0 Å². The number of sulfonamides is 1. The first-order valence-corrected chi connectivity index (χ1v) is 10.9. The second kappa shape index (κ2) is 7.64. The van der Waals surface area contributed by atoms with Gasteiger partial charge in [0.05, 0.1) is 11.9 Å². The number of nitrogens with zero attached hydrogens (tertiary/aromatic N) is 1. The molecule has 1 N–H and O–H groups in total. The van der Waals surface area contributed by atoms with Crippen LogP contribution in [0, 0.1) is 13.8 Å². The minimum atomic E-state index is -3.65. The number of hydrogen-bond acceptors (Lipinski definition) is 3. The predicted octanol–water partition coefficient (Wildman–Crippen LogP) is 4.25. The molecule has 146 valence electrons. The third-order valence-electron chi connectivity index (χ3n) is 4.85. The van der Waals surface area contributed by atoms with Crippen molar-refractivity contribution in [3.05, 3.63) is 71.8 Å². The van der Waals surface area contributed by atoms with Crippen molar-refractivity contribution >= 4 is 38.1 Å². The van der Waals surface area contributed by atoms with Crippen molar-refractivity contribution in [3.8, 4) is 0 Å². The van der Waals surface area contributed by atoms with Gasteiger partial charge in [0.25, 0.3) is 0 Å². The van der Waals surface area contributed by atoms with Gasteiger partial charge in [-0.3, -0.25) is 9.10 Å². The number of aryl methyl sites for hydroxylation is 2. The number of anilines is 2. The van der Waals surface area contributed by atoms with E-state index in [2.05, 4.69) is 5.32 Å². The molecular formula is C22H24N2O3S. The number of amides is 1. The van der Waals surface area contributed by atoms with Gasteiger partial charge in [0.15, 0.2) is 0 Å². The number of benzene rings is 3. The lowest BCUT2D eigenvalue weighted by Gasteiger charge is -2.28. The average Bonchev–Trinajstić information content (AvgIpc) is 2.63. The molecular weight excluding hydrogens is 372 g/mol. The summed E-state index contributed by atoms with van der Waals surface area (Å²) >= 11 is 0. The SMILES string of the molecule is Cc1ccc(N(C(C)C(=O)Nc2ccc3ccccc3c2)S(C)(=O)=O)cc1C. The number of nitrogens with one attached hydrogen (secondary N) is 1. The topological polar surface area (TPSA) is 66.5 Å². The minimum Gasteiger partial charge on any atom is -0.324 e. The molecule has 0 spiro atoms. The van der Waals surface area contributed by atoms with Gasteiger partial charge in [0, 0.05) is 5.69 Å². The Morgan fingerprint density at radius 3 is 2.25 bits per heavy atom. The van der Waals surface area contributed by atoms with E-state index in [1.165, 1.54) is 0 Å². The maximum atomic E-state index is 12.8. The third kappa shape index (κ3) is 4.17. The van der Waals surface area contributed by atoms with E-state index in [-0.39, 0.29) is 5.91 Å². The summed E-state index contributed by atoms with van der Waals surface area (Å²) in [6.07, 6.45) is 1.11. The Balaban J connectivity index is 1.90. The fourth-order valence-corrected chi connectivity index (χ4v) is 4.35. The molecule has 0 aromatic heterocycles. The second-order valence-electron chi connectivity index (χ2n) is 7.05. The zero-order chi connectivity index (χ0) is 20.5. The van der Waals surface area contributed by atoms with E-state index in [0.29, 0.717) is 11.4 Å². The zero-order valence-corrected chi connectivity index (χ0v) is 17.2. The minimum absolute atomic E-state index is 0.390. The van der Waals surface area contributed by atoms with Crippen LogP contribution in [0.15, 0.2) is 60.7 Å². The summed E-state index contributed by atoms with van der Waals surface area (Å²) in [4.78, 5) is 12.8. The lowest BCUT2D eigenvalue weighted by molar-refractivity contribution is -0.116. The van der Waals surface area contributed by atoms with E-state index < -0.39 is 16.1 Å². The zero-order valence-electron chi connectivity index (χ0n) is 16.4. The first kappa shape index (κ1) is 19.9. The summed E-state index contributed by atoms with van der Waals surface area (Å²) < 4.78 is 26.1. The third-order valence-corrected chi connectivity index (χ3v) is 6.09. The Bertz CT molecular complexity index is 1140. The number of carbonyl (C=O) groups excluding carboxylic acids is 1. The molecule has 0 aliphatic rings. The maximum Gasteiger partial charge on any atom is 0.247 e. The molecule has 0 saturated carbocycles. The molecule has 0 aliphatic carbocycles. The van der Waals surface area contributed by atoms with Crippen LogP contribution in [0.4, 0.5) is 11.4 Å². The van der Waals surface area contributed by atoms with Crippen molar-refractivity contribution in [1.29, 1.82) is 0 Å². The molecule has 0 fully saturated rings. The van der Waals surface area contributed by atoms with Crippen LogP contribution >= 0.6 is 0 Å². The normalized spacial score (nSPS) is 12.6. The van der Waals surface area contributed by atoms with Crippen molar-refractivity contribution in [1.82, 2.24) is 0 Å². The molecule has 6 heteroatoms. The van der Waals surface area contributed by atoms with Crippen LogP contribution in [-0.4, -0.2) is 26.6 Å². The highest BCUT2D eigenvalue weighted by Gasteiger charge is 2.29. The summed E-state index contributed by atoms with van der Waals surface area (Å²) in [7, 11) is -3.65. The van der Waals surface area contributed by atoms with Crippen molar-refractivity contribution in [2.75, 3.05) is 15.9 Å². The highest BCUT2D eigenvalue weighted by atomic mass is 32.2. The van der Waals surface area contributed by atoms with E-state index in [1.54, 1.807) is 19.1 Å². The van der Waals surface area contributed by atoms with Crippen molar-refractivity contribution < 1.29 is 13.2 Å². The van der Waals surface area contributed by atoms with Crippen LogP contribution in [-0.2, 0) is 14.8 Å². The molecule has 28 heavy (non-hydrogen) atoms. The van der Waals surface area contributed by atoms with Gasteiger partial charge in [-0.2, -0.15) is 0 Å². The molecule has 0 radical (unpaired) electrons. The molecule has 1 atom stereocenters. The number of carbonyl (C=O) groups is 1. The van der Waals surface area contributed by atoms with Gasteiger partial charge in [-0.25, -0.2) is 8.42 Å². The number of fused-ring (bicyclic) bond motifs is 1. The highest BCUT2D eigenvalue weighted by Crippen LogP contribution is 2.25. The van der Waals surface area contributed by atoms with E-state index in [0.717, 1.165) is 32.5 Å². The Morgan fingerprint density at radius 1 is 0.929 bits per heavy atom. The number of hydrogen-bond donors (Lipinski definition) is 1. The largest absolute Gasteiger partial charge is 0.324 e. The molecule has 0 heterocycles. The highest BCUT2D eigenvalue weighted by molar-refractivity contribution is 7.92. The lowest BCUT2D eigenvalue weighted by atomic mass is 10.1. The Morgan fingerprint density at radius 2 is 1.61 bits per heavy atom. The van der Waals surface area contributed by atoms with Crippen LogP contribution in [0.1, 0.15) is 18.1 Å². The van der Waals surface area contributed by atoms with E-state index in [9.17, 15) is 13.2 Å². The standard InChI is InChI=1S/C22H24N2O3S/c1-15-9-12-21(13-16(15)2)24(28(4,26)27)17(3)22(25)23-20-11-10-18-7-5-6-8-19(18)14-20/h5-14,17H,1-4H3,(H,23,25). The van der Waals surface area contributed by atoms with E-state index in [1.807, 2.05) is 62.4 Å². The van der Waals surface area contributed by atoms with Crippen LogP contribution < -0.4 is 9.62 Å². The Hall–Kier alpha value is -2.86. The molecule has 1 amide bonds. The average molecular weight is 397 g/mol. The van der Waals surface area contributed by atoms with Crippen LogP contribution in [0.3, 0.4) is 0 Å². The molecule has 1 unspecified atom stereocenters. The summed E-state index contributed by atoms with van der Waals surface area (Å²) in [5.41, 5.74) is 3.13. The van der Waals surface area contributed by atoms with Crippen molar-refractivity contribution in [2.45, 2.75) is 26.8 Å². The van der Waals surface area contributed by atoms with Crippen molar-refractivity contribution in [2.24, 2.45) is 0 Å². The number of rotatable bonds is 5. The quantitative estimate of drug-likeness (QED) is 0.701. The monoisotopic (exact) mass is 396 g/mol. The Labute approximate surface area is 166 Å². The van der Waals surface area contributed by atoms with Gasteiger partial charge in [-0.15, -0.1) is 0 Å². The molecule has 3 aromatic rings. The van der Waals surface area contributed by atoms with Gasteiger partial charge in [0.2, 0.25) is 15.9 Å². The van der Waals surface area contributed by atoms with Gasteiger partial charge in [-0.05, 0) is 66.9 Å². The smallest absolute Gasteiger partial charge is 0.247 e. The van der Waals surface area contributed by atoms with E-state index in [4.69, 9.17) is 0 Å².